The first-order valence-electron chi connectivity index (χ1n) is 10.3. The van der Waals surface area contributed by atoms with Crippen molar-refractivity contribution < 1.29 is 28.8 Å². The van der Waals surface area contributed by atoms with Gasteiger partial charge in [-0.25, -0.2) is 0 Å². The number of hydrogen-bond acceptors (Lipinski definition) is 6. The highest BCUT2D eigenvalue weighted by atomic mass is 16.5. The number of nitrogens with zero attached hydrogens (tertiary/aromatic N) is 1. The van der Waals surface area contributed by atoms with Crippen molar-refractivity contribution in [2.75, 3.05) is 35.0 Å². The lowest BCUT2D eigenvalue weighted by molar-refractivity contribution is -0.139. The van der Waals surface area contributed by atoms with E-state index >= 15 is 0 Å². The molecule has 0 bridgehead atoms. The third-order valence-corrected chi connectivity index (χ3v) is 6.56. The van der Waals surface area contributed by atoms with Gasteiger partial charge in [0.2, 0.25) is 5.91 Å². The van der Waals surface area contributed by atoms with Crippen LogP contribution in [-0.4, -0.2) is 51.0 Å². The van der Waals surface area contributed by atoms with Crippen molar-refractivity contribution in [1.82, 2.24) is 4.90 Å². The predicted octanol–water partition coefficient (Wildman–Crippen LogP) is 3.05. The summed E-state index contributed by atoms with van der Waals surface area (Å²) in [6.07, 6.45) is 0.804. The minimum Gasteiger partial charge on any atom is -0.496 e. The molecule has 2 aromatic carbocycles. The van der Waals surface area contributed by atoms with Crippen LogP contribution in [0.25, 0.3) is 0 Å². The van der Waals surface area contributed by atoms with Gasteiger partial charge < -0.3 is 29.0 Å². The van der Waals surface area contributed by atoms with Gasteiger partial charge in [-0.3, -0.25) is 4.79 Å². The molecule has 0 unspecified atom stereocenters. The van der Waals surface area contributed by atoms with Crippen molar-refractivity contribution in [2.24, 2.45) is 0 Å². The zero-order valence-corrected chi connectivity index (χ0v) is 18.9. The maximum absolute atomic E-state index is 13.4. The summed E-state index contributed by atoms with van der Waals surface area (Å²) in [6.45, 7) is 3.69. The van der Waals surface area contributed by atoms with Gasteiger partial charge in [0.1, 0.15) is 11.5 Å². The second-order valence-corrected chi connectivity index (χ2v) is 8.03. The maximum Gasteiger partial charge on any atom is 0.228 e. The van der Waals surface area contributed by atoms with E-state index in [-0.39, 0.29) is 25.0 Å². The van der Waals surface area contributed by atoms with E-state index in [4.69, 9.17) is 18.9 Å². The Kier molecular flexibility index (Phi) is 5.47. The Morgan fingerprint density at radius 3 is 2.26 bits per heavy atom. The van der Waals surface area contributed by atoms with E-state index in [2.05, 4.69) is 6.07 Å². The highest BCUT2D eigenvalue weighted by Crippen LogP contribution is 2.52. The zero-order valence-electron chi connectivity index (χ0n) is 18.9. The molecule has 166 valence electrons. The summed E-state index contributed by atoms with van der Waals surface area (Å²) in [6, 6.07) is 3.31. The molecule has 0 spiro atoms. The molecule has 7 nitrogen and oxygen atoms in total. The molecule has 1 amide bonds. The monoisotopic (exact) mass is 427 g/mol. The minimum atomic E-state index is -0.530. The number of amides is 1. The first-order valence-corrected chi connectivity index (χ1v) is 10.3. The molecule has 2 heterocycles. The van der Waals surface area contributed by atoms with Crippen molar-refractivity contribution in [1.29, 1.82) is 0 Å². The number of rotatable bonds is 5. The molecule has 2 aliphatic heterocycles. The molecular weight excluding hydrogens is 398 g/mol. The lowest BCUT2D eigenvalue weighted by atomic mass is 9.78. The number of methoxy groups -OCH3 is 4. The molecule has 0 saturated carbocycles. The molecule has 7 heteroatoms. The highest BCUT2D eigenvalue weighted by molar-refractivity contribution is 5.85. The summed E-state index contributed by atoms with van der Waals surface area (Å²) < 4.78 is 22.6. The van der Waals surface area contributed by atoms with Crippen LogP contribution in [0.3, 0.4) is 0 Å². The molecular formula is C24H29NO6. The van der Waals surface area contributed by atoms with Crippen LogP contribution in [-0.2, 0) is 17.6 Å². The second-order valence-electron chi connectivity index (χ2n) is 8.03. The predicted molar refractivity (Wildman–Crippen MR) is 115 cm³/mol. The summed E-state index contributed by atoms with van der Waals surface area (Å²) in [5, 5.41) is 10.4. The van der Waals surface area contributed by atoms with Crippen LogP contribution in [0, 0.1) is 13.8 Å². The van der Waals surface area contributed by atoms with Gasteiger partial charge in [-0.15, -0.1) is 0 Å². The van der Waals surface area contributed by atoms with Crippen LogP contribution in [0.2, 0.25) is 0 Å². The van der Waals surface area contributed by atoms with Gasteiger partial charge in [-0.2, -0.15) is 0 Å². The van der Waals surface area contributed by atoms with Crippen molar-refractivity contribution in [3.05, 3.63) is 45.5 Å². The maximum atomic E-state index is 13.4. The Hall–Kier alpha value is -2.93. The van der Waals surface area contributed by atoms with Gasteiger partial charge in [0.25, 0.3) is 0 Å². The summed E-state index contributed by atoms with van der Waals surface area (Å²) in [5.74, 6) is 2.57. The molecule has 2 atom stereocenters. The van der Waals surface area contributed by atoms with E-state index in [9.17, 15) is 9.90 Å². The Bertz CT molecular complexity index is 1050. The SMILES string of the molecule is COc1cc2c(c(OC)c1C)CC(=O)N1[C@H]2Cc2cc(C)c(OC)c(OC)c2[C@@H]1CO. The number of carbonyl (C=O) groups excluding carboxylic acids is 1. The number of aliphatic hydroxyl groups is 1. The third kappa shape index (κ3) is 3.02. The molecule has 0 fully saturated rings. The first-order chi connectivity index (χ1) is 14.9. The van der Waals surface area contributed by atoms with Crippen molar-refractivity contribution in [3.63, 3.8) is 0 Å². The molecule has 2 aliphatic rings. The minimum absolute atomic E-state index is 0.0494. The van der Waals surface area contributed by atoms with Gasteiger partial charge >= 0.3 is 0 Å². The van der Waals surface area contributed by atoms with Gasteiger partial charge in [-0.1, -0.05) is 6.07 Å². The first kappa shape index (κ1) is 21.3. The fourth-order valence-electron chi connectivity index (χ4n) is 5.31. The smallest absolute Gasteiger partial charge is 0.228 e. The van der Waals surface area contributed by atoms with Crippen LogP contribution in [0.1, 0.15) is 45.5 Å². The number of hydrogen-bond donors (Lipinski definition) is 1. The number of benzene rings is 2. The zero-order chi connectivity index (χ0) is 22.4. The Balaban J connectivity index is 1.97. The molecule has 0 aromatic heterocycles. The Morgan fingerprint density at radius 2 is 1.68 bits per heavy atom. The molecule has 0 radical (unpaired) electrons. The Labute approximate surface area is 182 Å². The van der Waals surface area contributed by atoms with E-state index in [1.54, 1.807) is 33.3 Å². The quantitative estimate of drug-likeness (QED) is 0.790. The summed E-state index contributed by atoms with van der Waals surface area (Å²) >= 11 is 0. The lowest BCUT2D eigenvalue weighted by Crippen LogP contribution is -2.47. The molecule has 0 aliphatic carbocycles. The van der Waals surface area contributed by atoms with Crippen molar-refractivity contribution in [3.8, 4) is 23.0 Å². The van der Waals surface area contributed by atoms with Crippen molar-refractivity contribution >= 4 is 5.91 Å². The number of fused-ring (bicyclic) bond motifs is 4. The standard InChI is InChI=1S/C24H29NO6/c1-12-7-14-8-17-15-9-19(28-3)13(2)23(30-5)16(15)10-20(27)25(17)18(11-26)21(14)24(31-6)22(12)29-4/h7,9,17-18,26H,8,10-11H2,1-6H3/t17-,18-/m0/s1. The largest absolute Gasteiger partial charge is 0.496 e. The van der Waals surface area contributed by atoms with E-state index in [0.717, 1.165) is 39.1 Å². The van der Waals surface area contributed by atoms with E-state index in [0.29, 0.717) is 23.7 Å². The summed E-state index contributed by atoms with van der Waals surface area (Å²) in [4.78, 5) is 15.2. The lowest BCUT2D eigenvalue weighted by Gasteiger charge is -2.47. The number of aliphatic hydroxyl groups excluding tert-OH is 1. The normalized spacial score (nSPS) is 19.3. The van der Waals surface area contributed by atoms with Crippen molar-refractivity contribution in [2.45, 2.75) is 38.8 Å². The average Bonchev–Trinajstić information content (AvgIpc) is 2.76. The molecule has 4 rings (SSSR count). The van der Waals surface area contributed by atoms with Crippen LogP contribution >= 0.6 is 0 Å². The van der Waals surface area contributed by atoms with Crippen LogP contribution in [0.15, 0.2) is 12.1 Å². The third-order valence-electron chi connectivity index (χ3n) is 6.56. The van der Waals surface area contributed by atoms with Gasteiger partial charge in [0.05, 0.1) is 53.6 Å². The fraction of sp³-hybridized carbons (Fsp3) is 0.458. The molecule has 2 aromatic rings. The second kappa shape index (κ2) is 7.96. The fourth-order valence-corrected chi connectivity index (χ4v) is 5.31. The summed E-state index contributed by atoms with van der Waals surface area (Å²) in [5.41, 5.74) is 5.56. The number of aryl methyl sites for hydroxylation is 1. The molecule has 0 saturated heterocycles. The van der Waals surface area contributed by atoms with Crippen LogP contribution in [0.5, 0.6) is 23.0 Å². The summed E-state index contributed by atoms with van der Waals surface area (Å²) in [7, 11) is 6.43. The van der Waals surface area contributed by atoms with E-state index < -0.39 is 6.04 Å². The highest BCUT2D eigenvalue weighted by Gasteiger charge is 2.45. The molecule has 31 heavy (non-hydrogen) atoms. The van der Waals surface area contributed by atoms with Gasteiger partial charge in [0, 0.05) is 16.7 Å². The van der Waals surface area contributed by atoms with Gasteiger partial charge in [-0.05, 0) is 43.0 Å². The molecule has 1 N–H and O–H groups in total. The van der Waals surface area contributed by atoms with Gasteiger partial charge in [0.15, 0.2) is 11.5 Å². The Morgan fingerprint density at radius 1 is 1.00 bits per heavy atom. The van der Waals surface area contributed by atoms with Crippen LogP contribution < -0.4 is 18.9 Å². The van der Waals surface area contributed by atoms with E-state index in [1.807, 2.05) is 19.9 Å². The number of carbonyl (C=O) groups is 1. The number of ether oxygens (including phenoxy) is 4. The van der Waals surface area contributed by atoms with E-state index in [1.165, 1.54) is 0 Å². The average molecular weight is 427 g/mol. The topological polar surface area (TPSA) is 77.5 Å². The van der Waals surface area contributed by atoms with Crippen LogP contribution in [0.4, 0.5) is 0 Å².